The van der Waals surface area contributed by atoms with Gasteiger partial charge in [-0.3, -0.25) is 9.59 Å². The summed E-state index contributed by atoms with van der Waals surface area (Å²) in [5.74, 6) is 0.954. The Labute approximate surface area is 173 Å². The van der Waals surface area contributed by atoms with E-state index in [0.29, 0.717) is 39.1 Å². The number of carbonyl (C=O) groups is 1. The number of fused-ring (bicyclic) bond motifs is 2. The van der Waals surface area contributed by atoms with Gasteiger partial charge in [0.1, 0.15) is 22.7 Å². The molecule has 0 aliphatic heterocycles. The Balaban J connectivity index is 1.55. The summed E-state index contributed by atoms with van der Waals surface area (Å²) in [6.07, 6.45) is 0. The van der Waals surface area contributed by atoms with Gasteiger partial charge in [0.05, 0.1) is 17.9 Å². The van der Waals surface area contributed by atoms with E-state index in [9.17, 15) is 9.59 Å². The molecule has 0 unspecified atom stereocenters. The molecule has 0 spiro atoms. The molecular formula is C24H21NO5. The molecule has 4 rings (SSSR count). The van der Waals surface area contributed by atoms with E-state index in [1.54, 1.807) is 55.6 Å². The van der Waals surface area contributed by atoms with E-state index in [-0.39, 0.29) is 17.9 Å². The van der Waals surface area contributed by atoms with E-state index in [1.165, 1.54) is 0 Å². The molecule has 0 bridgehead atoms. The topological polar surface area (TPSA) is 77.8 Å². The van der Waals surface area contributed by atoms with Gasteiger partial charge in [-0.15, -0.1) is 0 Å². The quantitative estimate of drug-likeness (QED) is 0.493. The van der Waals surface area contributed by atoms with Crippen molar-refractivity contribution in [2.75, 3.05) is 19.0 Å². The summed E-state index contributed by atoms with van der Waals surface area (Å²) in [6.45, 7) is 3.75. The van der Waals surface area contributed by atoms with Gasteiger partial charge in [-0.1, -0.05) is 6.07 Å². The number of rotatable bonds is 5. The molecule has 6 heteroatoms. The molecule has 1 aromatic heterocycles. The van der Waals surface area contributed by atoms with Crippen molar-refractivity contribution in [1.29, 1.82) is 0 Å². The number of nitrogens with one attached hydrogen (secondary N) is 1. The molecule has 0 saturated heterocycles. The second kappa shape index (κ2) is 7.91. The minimum atomic E-state index is -0.319. The molecule has 152 valence electrons. The van der Waals surface area contributed by atoms with Crippen molar-refractivity contribution in [3.63, 3.8) is 0 Å². The van der Waals surface area contributed by atoms with Gasteiger partial charge < -0.3 is 19.2 Å². The Morgan fingerprint density at radius 1 is 0.967 bits per heavy atom. The third kappa shape index (κ3) is 3.72. The maximum atomic E-state index is 12.8. The lowest BCUT2D eigenvalue weighted by atomic mass is 10.0. The van der Waals surface area contributed by atoms with Crippen LogP contribution in [-0.2, 0) is 4.79 Å². The summed E-state index contributed by atoms with van der Waals surface area (Å²) in [5, 5.41) is 3.79. The van der Waals surface area contributed by atoms with Crippen LogP contribution in [0.4, 0.5) is 5.69 Å². The Morgan fingerprint density at radius 2 is 1.67 bits per heavy atom. The summed E-state index contributed by atoms with van der Waals surface area (Å²) in [7, 11) is 1.58. The lowest BCUT2D eigenvalue weighted by Crippen LogP contribution is -2.20. The van der Waals surface area contributed by atoms with Gasteiger partial charge in [0.15, 0.2) is 6.61 Å². The highest BCUT2D eigenvalue weighted by Crippen LogP contribution is 2.25. The zero-order valence-corrected chi connectivity index (χ0v) is 16.9. The van der Waals surface area contributed by atoms with Crippen molar-refractivity contribution in [3.05, 3.63) is 75.9 Å². The molecule has 0 aliphatic carbocycles. The summed E-state index contributed by atoms with van der Waals surface area (Å²) in [4.78, 5) is 25.1. The molecule has 4 aromatic rings. The fraction of sp³-hybridized carbons (Fsp3) is 0.167. The van der Waals surface area contributed by atoms with Crippen LogP contribution in [0.2, 0.25) is 0 Å². The number of methoxy groups -OCH3 is 1. The number of ether oxygens (including phenoxy) is 2. The molecule has 0 radical (unpaired) electrons. The Hall–Kier alpha value is -3.80. The van der Waals surface area contributed by atoms with Gasteiger partial charge in [0, 0.05) is 11.8 Å². The molecule has 1 heterocycles. The van der Waals surface area contributed by atoms with Crippen LogP contribution in [0, 0.1) is 13.8 Å². The molecule has 1 amide bonds. The number of hydrogen-bond donors (Lipinski definition) is 1. The maximum absolute atomic E-state index is 12.8. The van der Waals surface area contributed by atoms with Gasteiger partial charge in [-0.25, -0.2) is 0 Å². The first-order valence-electron chi connectivity index (χ1n) is 9.50. The van der Waals surface area contributed by atoms with Gasteiger partial charge in [-0.05, 0) is 67.4 Å². The van der Waals surface area contributed by atoms with Gasteiger partial charge in [0.25, 0.3) is 5.91 Å². The highest BCUT2D eigenvalue weighted by Gasteiger charge is 2.12. The van der Waals surface area contributed by atoms with E-state index >= 15 is 0 Å². The summed E-state index contributed by atoms with van der Waals surface area (Å²) < 4.78 is 16.6. The lowest BCUT2D eigenvalue weighted by molar-refractivity contribution is -0.118. The van der Waals surface area contributed by atoms with Crippen molar-refractivity contribution in [1.82, 2.24) is 0 Å². The van der Waals surface area contributed by atoms with Crippen LogP contribution in [-0.4, -0.2) is 19.6 Å². The van der Waals surface area contributed by atoms with E-state index in [0.717, 1.165) is 11.1 Å². The number of carbonyl (C=O) groups excluding carboxylic acids is 1. The van der Waals surface area contributed by atoms with Gasteiger partial charge in [0.2, 0.25) is 5.43 Å². The van der Waals surface area contributed by atoms with Crippen LogP contribution < -0.4 is 20.2 Å². The average Bonchev–Trinajstić information content (AvgIpc) is 2.75. The van der Waals surface area contributed by atoms with Crippen molar-refractivity contribution in [2.45, 2.75) is 13.8 Å². The minimum Gasteiger partial charge on any atom is -0.497 e. The van der Waals surface area contributed by atoms with Crippen LogP contribution >= 0.6 is 0 Å². The normalized spacial score (nSPS) is 10.9. The zero-order valence-electron chi connectivity index (χ0n) is 16.9. The Bertz CT molecular complexity index is 1310. The first kappa shape index (κ1) is 19.5. The van der Waals surface area contributed by atoms with Crippen LogP contribution in [0.3, 0.4) is 0 Å². The van der Waals surface area contributed by atoms with E-state index in [1.807, 2.05) is 19.9 Å². The molecule has 1 N–H and O–H groups in total. The zero-order chi connectivity index (χ0) is 21.3. The Kier molecular flexibility index (Phi) is 5.14. The smallest absolute Gasteiger partial charge is 0.262 e. The second-order valence-electron chi connectivity index (χ2n) is 7.04. The standard InChI is InChI=1S/C24H21NO5/c1-14-4-10-20-23(27)19-11-5-16(12-21(19)30-24(20)15(14)2)25-22(26)13-29-18-8-6-17(28-3)7-9-18/h4-12H,13H2,1-3H3,(H,25,26). The minimum absolute atomic E-state index is 0.0879. The molecular weight excluding hydrogens is 382 g/mol. The van der Waals surface area contributed by atoms with E-state index in [4.69, 9.17) is 13.9 Å². The molecule has 0 fully saturated rings. The first-order chi connectivity index (χ1) is 14.5. The molecule has 3 aromatic carbocycles. The Morgan fingerprint density at radius 3 is 2.40 bits per heavy atom. The molecule has 0 aliphatic rings. The highest BCUT2D eigenvalue weighted by atomic mass is 16.5. The maximum Gasteiger partial charge on any atom is 0.262 e. The van der Waals surface area contributed by atoms with Crippen LogP contribution in [0.25, 0.3) is 21.9 Å². The summed E-state index contributed by atoms with van der Waals surface area (Å²) in [5.41, 5.74) is 3.40. The van der Waals surface area contributed by atoms with Crippen molar-refractivity contribution in [2.24, 2.45) is 0 Å². The fourth-order valence-electron chi connectivity index (χ4n) is 3.25. The predicted molar refractivity (Wildman–Crippen MR) is 117 cm³/mol. The second-order valence-corrected chi connectivity index (χ2v) is 7.04. The molecule has 0 atom stereocenters. The lowest BCUT2D eigenvalue weighted by Gasteiger charge is -2.10. The van der Waals surface area contributed by atoms with Crippen molar-refractivity contribution < 1.29 is 18.7 Å². The predicted octanol–water partition coefficient (Wildman–Crippen LogP) is 4.59. The third-order valence-electron chi connectivity index (χ3n) is 5.07. The fourth-order valence-corrected chi connectivity index (χ4v) is 3.25. The summed E-state index contributed by atoms with van der Waals surface area (Å²) in [6, 6.07) is 15.7. The highest BCUT2D eigenvalue weighted by molar-refractivity contribution is 5.96. The molecule has 0 saturated carbocycles. The van der Waals surface area contributed by atoms with Gasteiger partial charge in [-0.2, -0.15) is 0 Å². The van der Waals surface area contributed by atoms with E-state index in [2.05, 4.69) is 5.32 Å². The van der Waals surface area contributed by atoms with Crippen LogP contribution in [0.15, 0.2) is 63.8 Å². The van der Waals surface area contributed by atoms with Crippen LogP contribution in [0.1, 0.15) is 11.1 Å². The number of anilines is 1. The van der Waals surface area contributed by atoms with Crippen LogP contribution in [0.5, 0.6) is 11.5 Å². The first-order valence-corrected chi connectivity index (χ1v) is 9.50. The SMILES string of the molecule is COc1ccc(OCC(=O)Nc2ccc3c(=O)c4ccc(C)c(C)c4oc3c2)cc1. The third-order valence-corrected chi connectivity index (χ3v) is 5.07. The van der Waals surface area contributed by atoms with Crippen molar-refractivity contribution in [3.8, 4) is 11.5 Å². The van der Waals surface area contributed by atoms with E-state index < -0.39 is 0 Å². The largest absolute Gasteiger partial charge is 0.497 e. The summed E-state index contributed by atoms with van der Waals surface area (Å²) >= 11 is 0. The average molecular weight is 403 g/mol. The number of aryl methyl sites for hydroxylation is 2. The number of benzene rings is 3. The van der Waals surface area contributed by atoms with Crippen molar-refractivity contribution >= 4 is 33.5 Å². The number of hydrogen-bond acceptors (Lipinski definition) is 5. The monoisotopic (exact) mass is 403 g/mol. The number of amides is 1. The molecule has 30 heavy (non-hydrogen) atoms. The molecule has 6 nitrogen and oxygen atoms in total. The van der Waals surface area contributed by atoms with Gasteiger partial charge >= 0.3 is 0 Å².